The van der Waals surface area contributed by atoms with Gasteiger partial charge in [-0.2, -0.15) is 0 Å². The molecule has 0 bridgehead atoms. The van der Waals surface area contributed by atoms with E-state index in [4.69, 9.17) is 15.3 Å². The number of aliphatic carboxylic acids is 3. The van der Waals surface area contributed by atoms with Gasteiger partial charge in [0.05, 0.1) is 16.2 Å². The third-order valence-corrected chi connectivity index (χ3v) is 1.92. The fourth-order valence-electron chi connectivity index (χ4n) is 0. The zero-order valence-corrected chi connectivity index (χ0v) is 16.6. The minimum Gasteiger partial charge on any atom is -0.481 e. The van der Waals surface area contributed by atoms with Crippen molar-refractivity contribution in [2.75, 3.05) is 0 Å². The van der Waals surface area contributed by atoms with Crippen LogP contribution in [-0.4, -0.2) is 33.2 Å². The average molecular weight is 354 g/mol. The normalized spacial score (nSPS) is 10.8. The SMILES string of the molecule is CC(C)(C)C(=O)O.CC(C)(C)C(=O)O.CC(C)(C)C(=O)O.[Ti]. The predicted octanol–water partition coefficient (Wildman–Crippen LogP) is 3.35. The molecule has 0 aliphatic heterocycles. The van der Waals surface area contributed by atoms with Crippen molar-refractivity contribution in [3.8, 4) is 0 Å². The van der Waals surface area contributed by atoms with Crippen LogP contribution in [0.15, 0.2) is 0 Å². The van der Waals surface area contributed by atoms with E-state index in [0.29, 0.717) is 0 Å². The molecule has 0 radical (unpaired) electrons. The number of hydrogen-bond donors (Lipinski definition) is 3. The van der Waals surface area contributed by atoms with E-state index in [1.165, 1.54) is 0 Å². The summed E-state index contributed by atoms with van der Waals surface area (Å²) in [5, 5.41) is 24.8. The van der Waals surface area contributed by atoms with Gasteiger partial charge in [0.15, 0.2) is 0 Å². The number of carbonyl (C=O) groups is 3. The summed E-state index contributed by atoms with van der Waals surface area (Å²) in [6, 6.07) is 0. The van der Waals surface area contributed by atoms with Crippen LogP contribution in [0.5, 0.6) is 0 Å². The molecule has 0 aromatic rings. The van der Waals surface area contributed by atoms with Crippen LogP contribution in [-0.2, 0) is 36.1 Å². The van der Waals surface area contributed by atoms with Crippen molar-refractivity contribution in [1.82, 2.24) is 0 Å². The Kier molecular flexibility index (Phi) is 14.3. The van der Waals surface area contributed by atoms with Gasteiger partial charge in [0.25, 0.3) is 0 Å². The van der Waals surface area contributed by atoms with E-state index < -0.39 is 34.2 Å². The van der Waals surface area contributed by atoms with E-state index >= 15 is 0 Å². The number of hydrogen-bond acceptors (Lipinski definition) is 3. The second kappa shape index (κ2) is 10.8. The van der Waals surface area contributed by atoms with Gasteiger partial charge in [0, 0.05) is 21.7 Å². The Bertz CT molecular complexity index is 299. The molecule has 0 fully saturated rings. The summed E-state index contributed by atoms with van der Waals surface area (Å²) < 4.78 is 0. The Hall–Kier alpha value is -0.876. The quantitative estimate of drug-likeness (QED) is 0.575. The fourth-order valence-corrected chi connectivity index (χ4v) is 0. The minimum atomic E-state index is -0.757. The fraction of sp³-hybridized carbons (Fsp3) is 0.800. The molecule has 22 heavy (non-hydrogen) atoms. The van der Waals surface area contributed by atoms with Gasteiger partial charge in [-0.3, -0.25) is 14.4 Å². The summed E-state index contributed by atoms with van der Waals surface area (Å²) in [6.07, 6.45) is 0. The molecule has 0 saturated carbocycles. The summed E-state index contributed by atoms with van der Waals surface area (Å²) >= 11 is 0. The number of rotatable bonds is 0. The van der Waals surface area contributed by atoms with Crippen LogP contribution in [0.2, 0.25) is 0 Å². The molecule has 0 unspecified atom stereocenters. The van der Waals surface area contributed by atoms with E-state index in [-0.39, 0.29) is 21.7 Å². The molecule has 3 N–H and O–H groups in total. The maximum atomic E-state index is 10.0. The third kappa shape index (κ3) is 21.4. The molecule has 0 atom stereocenters. The molecule has 0 amide bonds. The van der Waals surface area contributed by atoms with Crippen molar-refractivity contribution in [1.29, 1.82) is 0 Å². The molecule has 6 nitrogen and oxygen atoms in total. The van der Waals surface area contributed by atoms with E-state index in [1.807, 2.05) is 0 Å². The van der Waals surface area contributed by atoms with Crippen LogP contribution < -0.4 is 0 Å². The van der Waals surface area contributed by atoms with Crippen molar-refractivity contribution in [3.63, 3.8) is 0 Å². The molecule has 0 aromatic heterocycles. The summed E-state index contributed by atoms with van der Waals surface area (Å²) in [5.41, 5.74) is -1.75. The monoisotopic (exact) mass is 354 g/mol. The summed E-state index contributed by atoms with van der Waals surface area (Å²) in [5.74, 6) is -2.27. The Morgan fingerprint density at radius 1 is 0.500 bits per heavy atom. The Labute approximate surface area is 148 Å². The standard InChI is InChI=1S/3C5H10O2.Ti/c3*1-5(2,3)4(6)7;/h3*1-3H3,(H,6,7);. The smallest absolute Gasteiger partial charge is 0.308 e. The molecule has 0 heterocycles. The molecule has 0 aliphatic carbocycles. The Morgan fingerprint density at radius 3 is 0.545 bits per heavy atom. The van der Waals surface area contributed by atoms with Crippen molar-refractivity contribution in [3.05, 3.63) is 0 Å². The van der Waals surface area contributed by atoms with Gasteiger partial charge in [-0.25, -0.2) is 0 Å². The predicted molar refractivity (Wildman–Crippen MR) is 81.3 cm³/mol. The molecule has 0 rings (SSSR count). The van der Waals surface area contributed by atoms with Crippen LogP contribution in [0.1, 0.15) is 62.3 Å². The van der Waals surface area contributed by atoms with Crippen LogP contribution >= 0.6 is 0 Å². The van der Waals surface area contributed by atoms with E-state index in [9.17, 15) is 14.4 Å². The molecular weight excluding hydrogens is 324 g/mol. The van der Waals surface area contributed by atoms with E-state index in [0.717, 1.165) is 0 Å². The molecule has 0 spiro atoms. The molecular formula is C15H30O6Ti. The maximum Gasteiger partial charge on any atom is 0.308 e. The molecule has 7 heteroatoms. The largest absolute Gasteiger partial charge is 0.481 e. The van der Waals surface area contributed by atoms with E-state index in [2.05, 4.69) is 0 Å². The van der Waals surface area contributed by atoms with Crippen LogP contribution in [0.25, 0.3) is 0 Å². The first-order chi connectivity index (χ1) is 8.83. The second-order valence-corrected chi connectivity index (χ2v) is 7.67. The Morgan fingerprint density at radius 2 is 0.545 bits per heavy atom. The van der Waals surface area contributed by atoms with Gasteiger partial charge < -0.3 is 15.3 Å². The van der Waals surface area contributed by atoms with Gasteiger partial charge >= 0.3 is 17.9 Å². The van der Waals surface area contributed by atoms with Gasteiger partial charge in [-0.05, 0) is 62.3 Å². The van der Waals surface area contributed by atoms with Crippen molar-refractivity contribution in [2.45, 2.75) is 62.3 Å². The summed E-state index contributed by atoms with van der Waals surface area (Å²) in [7, 11) is 0. The first kappa shape index (κ1) is 29.2. The molecule has 130 valence electrons. The second-order valence-electron chi connectivity index (χ2n) is 7.67. The molecule has 0 aromatic carbocycles. The number of carboxylic acid groups (broad SMARTS) is 3. The Balaban J connectivity index is -0.000000108. The van der Waals surface area contributed by atoms with Crippen LogP contribution in [0.3, 0.4) is 0 Å². The van der Waals surface area contributed by atoms with Crippen molar-refractivity contribution >= 4 is 17.9 Å². The van der Waals surface area contributed by atoms with E-state index in [1.54, 1.807) is 62.3 Å². The van der Waals surface area contributed by atoms with Gasteiger partial charge in [0.2, 0.25) is 0 Å². The van der Waals surface area contributed by atoms with Gasteiger partial charge in [-0.15, -0.1) is 0 Å². The van der Waals surface area contributed by atoms with Crippen LogP contribution in [0, 0.1) is 16.2 Å². The van der Waals surface area contributed by atoms with Crippen LogP contribution in [0.4, 0.5) is 0 Å². The number of carboxylic acids is 3. The minimum absolute atomic E-state index is 0. The zero-order valence-electron chi connectivity index (χ0n) is 15.1. The maximum absolute atomic E-state index is 10.0. The molecule has 0 saturated heterocycles. The summed E-state index contributed by atoms with van der Waals surface area (Å²) in [6.45, 7) is 15.0. The topological polar surface area (TPSA) is 112 Å². The van der Waals surface area contributed by atoms with Gasteiger partial charge in [0.1, 0.15) is 0 Å². The molecule has 0 aliphatic rings. The van der Waals surface area contributed by atoms with Crippen molar-refractivity contribution < 1.29 is 51.4 Å². The van der Waals surface area contributed by atoms with Gasteiger partial charge in [-0.1, -0.05) is 0 Å². The van der Waals surface area contributed by atoms with Crippen molar-refractivity contribution in [2.24, 2.45) is 16.2 Å². The summed E-state index contributed by atoms with van der Waals surface area (Å²) in [4.78, 5) is 30.1. The third-order valence-electron chi connectivity index (χ3n) is 1.92. The first-order valence-corrected chi connectivity index (χ1v) is 6.53. The first-order valence-electron chi connectivity index (χ1n) is 6.53. The average Bonchev–Trinajstić information content (AvgIpc) is 2.14. The zero-order chi connectivity index (χ0) is 18.2.